The third-order valence-corrected chi connectivity index (χ3v) is 3.54. The van der Waals surface area contributed by atoms with Crippen molar-refractivity contribution in [2.24, 2.45) is 0 Å². The minimum absolute atomic E-state index is 0.961. The summed E-state index contributed by atoms with van der Waals surface area (Å²) in [4.78, 5) is 11.6. The molecule has 0 fully saturated rings. The number of nitrogens with one attached hydrogen (secondary N) is 1. The summed E-state index contributed by atoms with van der Waals surface area (Å²) < 4.78 is 1.92. The molecule has 0 aromatic carbocycles. The lowest BCUT2D eigenvalue weighted by Crippen LogP contribution is -1.74. The van der Waals surface area contributed by atoms with Crippen molar-refractivity contribution in [3.8, 4) is 0 Å². The van der Waals surface area contributed by atoms with E-state index in [2.05, 4.69) is 46.8 Å². The van der Waals surface area contributed by atoms with Crippen LogP contribution in [-0.2, 0) is 0 Å². The second-order valence-corrected chi connectivity index (χ2v) is 4.92. The van der Waals surface area contributed by atoms with Gasteiger partial charge in [-0.15, -0.1) is 0 Å². The van der Waals surface area contributed by atoms with Gasteiger partial charge in [-0.3, -0.25) is 9.97 Å². The molecule has 3 nitrogen and oxygen atoms in total. The molecule has 0 atom stereocenters. The van der Waals surface area contributed by atoms with Gasteiger partial charge in [0.15, 0.2) is 0 Å². The van der Waals surface area contributed by atoms with Crippen LogP contribution in [0.25, 0.3) is 21.8 Å². The van der Waals surface area contributed by atoms with Crippen LogP contribution in [0.5, 0.6) is 0 Å². The monoisotopic (exact) mass is 325 g/mol. The highest BCUT2D eigenvalue weighted by Gasteiger charge is 2.09. The molecular formula is C10H5Br2N3. The highest BCUT2D eigenvalue weighted by molar-refractivity contribution is 9.11. The lowest BCUT2D eigenvalue weighted by Gasteiger charge is -1.91. The van der Waals surface area contributed by atoms with E-state index < -0.39 is 0 Å². The summed E-state index contributed by atoms with van der Waals surface area (Å²) in [5, 5.41) is 2.15. The molecule has 0 spiro atoms. The van der Waals surface area contributed by atoms with Gasteiger partial charge in [0.1, 0.15) is 0 Å². The van der Waals surface area contributed by atoms with Crippen molar-refractivity contribution >= 4 is 53.7 Å². The first-order valence-corrected chi connectivity index (χ1v) is 5.90. The van der Waals surface area contributed by atoms with Crippen molar-refractivity contribution in [2.45, 2.75) is 0 Å². The Morgan fingerprint density at radius 3 is 1.73 bits per heavy atom. The third-order valence-electron chi connectivity index (χ3n) is 2.34. The van der Waals surface area contributed by atoms with Crippen LogP contribution in [0.3, 0.4) is 0 Å². The molecule has 0 aliphatic carbocycles. The first-order valence-electron chi connectivity index (χ1n) is 4.32. The SMILES string of the molecule is Brc1cncc2c1[nH]c1c(Br)cncc12. The molecule has 0 aliphatic heterocycles. The predicted octanol–water partition coefficient (Wildman–Crippen LogP) is 3.64. The van der Waals surface area contributed by atoms with Gasteiger partial charge >= 0.3 is 0 Å². The Balaban J connectivity index is 2.63. The van der Waals surface area contributed by atoms with Crippen LogP contribution >= 0.6 is 31.9 Å². The largest absolute Gasteiger partial charge is 0.352 e. The highest BCUT2D eigenvalue weighted by Crippen LogP contribution is 2.31. The maximum absolute atomic E-state index is 4.15. The van der Waals surface area contributed by atoms with Crippen molar-refractivity contribution in [3.63, 3.8) is 0 Å². The number of fused-ring (bicyclic) bond motifs is 3. The minimum Gasteiger partial charge on any atom is -0.352 e. The van der Waals surface area contributed by atoms with Crippen LogP contribution in [0.1, 0.15) is 0 Å². The normalized spacial score (nSPS) is 11.3. The molecule has 5 heteroatoms. The summed E-state index contributed by atoms with van der Waals surface area (Å²) in [6.45, 7) is 0. The van der Waals surface area contributed by atoms with Gasteiger partial charge < -0.3 is 4.98 Å². The zero-order chi connectivity index (χ0) is 10.4. The fraction of sp³-hybridized carbons (Fsp3) is 0. The van der Waals surface area contributed by atoms with Gasteiger partial charge in [-0.25, -0.2) is 0 Å². The lowest BCUT2D eigenvalue weighted by molar-refractivity contribution is 1.34. The molecule has 0 aliphatic rings. The predicted molar refractivity (Wildman–Crippen MR) is 66.8 cm³/mol. The van der Waals surface area contributed by atoms with E-state index in [1.165, 1.54) is 0 Å². The van der Waals surface area contributed by atoms with E-state index in [0.29, 0.717) is 0 Å². The Morgan fingerprint density at radius 2 is 1.27 bits per heavy atom. The Hall–Kier alpha value is -0.940. The van der Waals surface area contributed by atoms with Crippen LogP contribution in [0.2, 0.25) is 0 Å². The third kappa shape index (κ3) is 1.30. The number of rotatable bonds is 0. The molecule has 3 rings (SSSR count). The number of hydrogen-bond acceptors (Lipinski definition) is 2. The van der Waals surface area contributed by atoms with Crippen molar-refractivity contribution in [1.29, 1.82) is 0 Å². The smallest absolute Gasteiger partial charge is 0.0641 e. The number of halogens is 2. The number of aromatic nitrogens is 3. The topological polar surface area (TPSA) is 41.6 Å². The molecular weight excluding hydrogens is 322 g/mol. The first kappa shape index (κ1) is 9.30. The molecule has 0 unspecified atom stereocenters. The second-order valence-electron chi connectivity index (χ2n) is 3.21. The average molecular weight is 327 g/mol. The van der Waals surface area contributed by atoms with Crippen LogP contribution in [0, 0.1) is 0 Å². The van der Waals surface area contributed by atoms with Gasteiger partial charge in [0.2, 0.25) is 0 Å². The van der Waals surface area contributed by atoms with E-state index in [1.807, 2.05) is 12.4 Å². The number of nitrogens with zero attached hydrogens (tertiary/aromatic N) is 2. The second kappa shape index (κ2) is 3.28. The van der Waals surface area contributed by atoms with Gasteiger partial charge in [0.05, 0.1) is 20.0 Å². The molecule has 0 saturated carbocycles. The number of H-pyrrole nitrogens is 1. The molecule has 0 amide bonds. The molecule has 0 saturated heterocycles. The van der Waals surface area contributed by atoms with Gasteiger partial charge in [0, 0.05) is 35.6 Å². The quantitative estimate of drug-likeness (QED) is 0.685. The Kier molecular flexibility index (Phi) is 2.03. The molecule has 1 N–H and O–H groups in total. The van der Waals surface area contributed by atoms with Crippen LogP contribution in [0.4, 0.5) is 0 Å². The van der Waals surface area contributed by atoms with Crippen LogP contribution < -0.4 is 0 Å². The summed E-state index contributed by atoms with van der Waals surface area (Å²) >= 11 is 6.94. The van der Waals surface area contributed by atoms with Crippen molar-refractivity contribution < 1.29 is 0 Å². The maximum atomic E-state index is 4.15. The zero-order valence-electron chi connectivity index (χ0n) is 7.46. The van der Waals surface area contributed by atoms with Crippen molar-refractivity contribution in [2.75, 3.05) is 0 Å². The summed E-state index contributed by atoms with van der Waals surface area (Å²) in [6.07, 6.45) is 7.23. The van der Waals surface area contributed by atoms with Crippen LogP contribution in [-0.4, -0.2) is 15.0 Å². The van der Waals surface area contributed by atoms with E-state index in [1.54, 1.807) is 12.4 Å². The Labute approximate surface area is 102 Å². The van der Waals surface area contributed by atoms with Gasteiger partial charge in [-0.05, 0) is 31.9 Å². The summed E-state index contributed by atoms with van der Waals surface area (Å²) in [7, 11) is 0. The van der Waals surface area contributed by atoms with Gasteiger partial charge in [-0.1, -0.05) is 0 Å². The number of pyridine rings is 2. The minimum atomic E-state index is 0.961. The Morgan fingerprint density at radius 1 is 0.800 bits per heavy atom. The van der Waals surface area contributed by atoms with Crippen LogP contribution in [0.15, 0.2) is 33.7 Å². The van der Waals surface area contributed by atoms with Gasteiger partial charge in [0.25, 0.3) is 0 Å². The molecule has 15 heavy (non-hydrogen) atoms. The summed E-state index contributed by atoms with van der Waals surface area (Å²) in [5.41, 5.74) is 2.10. The Bertz CT molecular complexity index is 604. The summed E-state index contributed by atoms with van der Waals surface area (Å²) in [5.74, 6) is 0. The molecule has 3 aromatic heterocycles. The zero-order valence-corrected chi connectivity index (χ0v) is 10.6. The first-order chi connectivity index (χ1) is 7.27. The summed E-state index contributed by atoms with van der Waals surface area (Å²) in [6, 6.07) is 0. The van der Waals surface area contributed by atoms with Crippen molar-refractivity contribution in [1.82, 2.24) is 15.0 Å². The number of hydrogen-bond donors (Lipinski definition) is 1. The molecule has 74 valence electrons. The molecule has 3 aromatic rings. The molecule has 0 bridgehead atoms. The van der Waals surface area contributed by atoms with E-state index in [4.69, 9.17) is 0 Å². The van der Waals surface area contributed by atoms with Crippen molar-refractivity contribution in [3.05, 3.63) is 33.7 Å². The fourth-order valence-electron chi connectivity index (χ4n) is 1.66. The highest BCUT2D eigenvalue weighted by atomic mass is 79.9. The van der Waals surface area contributed by atoms with Gasteiger partial charge in [-0.2, -0.15) is 0 Å². The lowest BCUT2D eigenvalue weighted by atomic mass is 10.2. The standard InChI is InChI=1S/C10H5Br2N3/c11-7-3-13-1-5-6-2-14-4-8(12)10(6)15-9(5)7/h1-4,15H. The molecule has 0 radical (unpaired) electrons. The van der Waals surface area contributed by atoms with E-state index in [9.17, 15) is 0 Å². The van der Waals surface area contributed by atoms with E-state index in [-0.39, 0.29) is 0 Å². The molecule has 3 heterocycles. The van der Waals surface area contributed by atoms with E-state index >= 15 is 0 Å². The maximum Gasteiger partial charge on any atom is 0.0641 e. The number of aromatic amines is 1. The van der Waals surface area contributed by atoms with E-state index in [0.717, 1.165) is 30.8 Å². The fourth-order valence-corrected chi connectivity index (χ4v) is 2.52. The average Bonchev–Trinajstić information content (AvgIpc) is 2.60.